The third-order valence-corrected chi connectivity index (χ3v) is 4.17. The number of halogens is 1. The second kappa shape index (κ2) is 6.40. The summed E-state index contributed by atoms with van der Waals surface area (Å²) in [5.41, 5.74) is 2.52. The van der Waals surface area contributed by atoms with E-state index in [1.165, 1.54) is 12.1 Å². The molecule has 6 heteroatoms. The van der Waals surface area contributed by atoms with Gasteiger partial charge in [0.15, 0.2) is 0 Å². The van der Waals surface area contributed by atoms with Gasteiger partial charge in [0.25, 0.3) is 0 Å². The molecular formula is C17H21FN4O. The van der Waals surface area contributed by atoms with Crippen molar-refractivity contribution in [3.63, 3.8) is 0 Å². The largest absolute Gasteiger partial charge is 0.371 e. The van der Waals surface area contributed by atoms with E-state index in [0.29, 0.717) is 5.69 Å². The summed E-state index contributed by atoms with van der Waals surface area (Å²) in [5, 5.41) is 7.71. The molecule has 122 valence electrons. The van der Waals surface area contributed by atoms with Crippen LogP contribution in [0.25, 0.3) is 5.69 Å². The topological polar surface area (TPSA) is 50.2 Å². The number of nitrogens with one attached hydrogen (secondary N) is 1. The van der Waals surface area contributed by atoms with Gasteiger partial charge in [-0.3, -0.25) is 4.79 Å². The van der Waals surface area contributed by atoms with E-state index < -0.39 is 0 Å². The van der Waals surface area contributed by atoms with Crippen LogP contribution in [0.5, 0.6) is 0 Å². The molecule has 3 rings (SSSR count). The van der Waals surface area contributed by atoms with Gasteiger partial charge < -0.3 is 10.2 Å². The lowest BCUT2D eigenvalue weighted by atomic mass is 10.2. The maximum atomic E-state index is 13.5. The predicted octanol–water partition coefficient (Wildman–Crippen LogP) is 2.61. The molecule has 1 amide bonds. The van der Waals surface area contributed by atoms with Gasteiger partial charge in [-0.05, 0) is 31.0 Å². The highest BCUT2D eigenvalue weighted by Gasteiger charge is 2.29. The average Bonchev–Trinajstić information content (AvgIpc) is 3.07. The van der Waals surface area contributed by atoms with Crippen molar-refractivity contribution < 1.29 is 9.18 Å². The van der Waals surface area contributed by atoms with Crippen LogP contribution >= 0.6 is 0 Å². The average molecular weight is 316 g/mol. The zero-order valence-corrected chi connectivity index (χ0v) is 13.4. The van der Waals surface area contributed by atoms with Crippen LogP contribution in [0.2, 0.25) is 0 Å². The highest BCUT2D eigenvalue weighted by atomic mass is 19.1. The van der Waals surface area contributed by atoms with Crippen molar-refractivity contribution in [2.24, 2.45) is 0 Å². The summed E-state index contributed by atoms with van der Waals surface area (Å²) in [4.78, 5) is 13.8. The minimum absolute atomic E-state index is 0.103. The van der Waals surface area contributed by atoms with Gasteiger partial charge in [-0.15, -0.1) is 0 Å². The molecule has 1 N–H and O–H groups in total. The fourth-order valence-corrected chi connectivity index (χ4v) is 2.95. The number of benzene rings is 1. The first-order valence-corrected chi connectivity index (χ1v) is 7.94. The molecule has 1 saturated heterocycles. The molecule has 1 aromatic carbocycles. The molecule has 5 nitrogen and oxygen atoms in total. The maximum absolute atomic E-state index is 13.5. The lowest BCUT2D eigenvalue weighted by molar-refractivity contribution is -0.127. The second-order valence-electron chi connectivity index (χ2n) is 5.89. The molecule has 1 aliphatic rings. The Morgan fingerprint density at radius 2 is 2.26 bits per heavy atom. The number of likely N-dealkylation sites (tertiary alicyclic amines) is 1. The van der Waals surface area contributed by atoms with Crippen LogP contribution < -0.4 is 5.32 Å². The standard InChI is InChI=1S/C17H21FN4O/c1-3-5-16-15(20-14-8-9-21(2)17(14)23)11-19-22(16)13-7-4-6-12(18)10-13/h4,6-7,10-11,14,20H,3,5,8-9H2,1-2H3/t14-/m0/s1. The smallest absolute Gasteiger partial charge is 0.244 e. The number of carbonyl (C=O) groups excluding carboxylic acids is 1. The molecule has 23 heavy (non-hydrogen) atoms. The third-order valence-electron chi connectivity index (χ3n) is 4.17. The van der Waals surface area contributed by atoms with E-state index >= 15 is 0 Å². The molecule has 2 heterocycles. The minimum atomic E-state index is -0.289. The summed E-state index contributed by atoms with van der Waals surface area (Å²) in [5.74, 6) is -0.187. The van der Waals surface area contributed by atoms with Crippen LogP contribution in [0.15, 0.2) is 30.5 Å². The first-order chi connectivity index (χ1) is 11.1. The lowest BCUT2D eigenvalue weighted by Gasteiger charge is -2.14. The van der Waals surface area contributed by atoms with E-state index in [-0.39, 0.29) is 17.8 Å². The van der Waals surface area contributed by atoms with Crippen molar-refractivity contribution in [3.05, 3.63) is 42.0 Å². The number of amides is 1. The number of likely N-dealkylation sites (N-methyl/N-ethyl adjacent to an activating group) is 1. The quantitative estimate of drug-likeness (QED) is 0.922. The SMILES string of the molecule is CCCc1c(N[C@H]2CCN(C)C2=O)cnn1-c1cccc(F)c1. The van der Waals surface area contributed by atoms with Crippen molar-refractivity contribution in [2.45, 2.75) is 32.2 Å². The lowest BCUT2D eigenvalue weighted by Crippen LogP contribution is -2.31. The first kappa shape index (κ1) is 15.5. The van der Waals surface area contributed by atoms with Gasteiger partial charge in [0.05, 0.1) is 23.3 Å². The number of rotatable bonds is 5. The molecule has 0 unspecified atom stereocenters. The molecular weight excluding hydrogens is 295 g/mol. The summed E-state index contributed by atoms with van der Waals surface area (Å²) in [6, 6.07) is 6.17. The number of hydrogen-bond acceptors (Lipinski definition) is 3. The Labute approximate surface area is 135 Å². The fraction of sp³-hybridized carbons (Fsp3) is 0.412. The van der Waals surface area contributed by atoms with E-state index in [4.69, 9.17) is 0 Å². The summed E-state index contributed by atoms with van der Waals surface area (Å²) in [7, 11) is 1.81. The number of carbonyl (C=O) groups is 1. The van der Waals surface area contributed by atoms with E-state index in [1.807, 2.05) is 13.1 Å². The Morgan fingerprint density at radius 3 is 2.91 bits per heavy atom. The Kier molecular flexibility index (Phi) is 4.32. The van der Waals surface area contributed by atoms with Gasteiger partial charge in [-0.25, -0.2) is 9.07 Å². The monoisotopic (exact) mass is 316 g/mol. The van der Waals surface area contributed by atoms with E-state index in [0.717, 1.165) is 37.2 Å². The van der Waals surface area contributed by atoms with Gasteiger partial charge in [-0.1, -0.05) is 19.4 Å². The number of anilines is 1. The Bertz CT molecular complexity index is 712. The van der Waals surface area contributed by atoms with E-state index in [9.17, 15) is 9.18 Å². The summed E-state index contributed by atoms with van der Waals surface area (Å²) in [6.07, 6.45) is 4.25. The number of aromatic nitrogens is 2. The Hall–Kier alpha value is -2.37. The van der Waals surface area contributed by atoms with Gasteiger partial charge in [-0.2, -0.15) is 5.10 Å². The predicted molar refractivity (Wildman–Crippen MR) is 87.2 cm³/mol. The second-order valence-corrected chi connectivity index (χ2v) is 5.89. The van der Waals surface area contributed by atoms with Crippen LogP contribution in [0.1, 0.15) is 25.5 Å². The van der Waals surface area contributed by atoms with Gasteiger partial charge in [0.2, 0.25) is 5.91 Å². The molecule has 1 aliphatic heterocycles. The van der Waals surface area contributed by atoms with E-state index in [1.54, 1.807) is 21.8 Å². The summed E-state index contributed by atoms with van der Waals surface area (Å²) >= 11 is 0. The van der Waals surface area contributed by atoms with Crippen molar-refractivity contribution in [1.82, 2.24) is 14.7 Å². The zero-order valence-electron chi connectivity index (χ0n) is 13.4. The third kappa shape index (κ3) is 3.06. The van der Waals surface area contributed by atoms with Gasteiger partial charge >= 0.3 is 0 Å². The van der Waals surface area contributed by atoms with Crippen LogP contribution in [0.3, 0.4) is 0 Å². The summed E-state index contributed by atoms with van der Waals surface area (Å²) < 4.78 is 15.2. The molecule has 0 spiro atoms. The maximum Gasteiger partial charge on any atom is 0.244 e. The van der Waals surface area contributed by atoms with E-state index in [2.05, 4.69) is 17.3 Å². The Morgan fingerprint density at radius 1 is 1.43 bits per heavy atom. The summed E-state index contributed by atoms with van der Waals surface area (Å²) in [6.45, 7) is 2.85. The molecule has 0 aliphatic carbocycles. The Balaban J connectivity index is 1.91. The molecule has 0 saturated carbocycles. The molecule has 0 bridgehead atoms. The molecule has 1 fully saturated rings. The molecule has 1 aromatic heterocycles. The van der Waals surface area contributed by atoms with Crippen molar-refractivity contribution >= 4 is 11.6 Å². The number of hydrogen-bond donors (Lipinski definition) is 1. The van der Waals surface area contributed by atoms with Gasteiger partial charge in [0.1, 0.15) is 11.9 Å². The van der Waals surface area contributed by atoms with Crippen LogP contribution in [-0.2, 0) is 11.2 Å². The van der Waals surface area contributed by atoms with Crippen LogP contribution in [0.4, 0.5) is 10.1 Å². The molecule has 1 atom stereocenters. The van der Waals surface area contributed by atoms with Crippen LogP contribution in [0, 0.1) is 5.82 Å². The fourth-order valence-electron chi connectivity index (χ4n) is 2.95. The van der Waals surface area contributed by atoms with Crippen molar-refractivity contribution in [1.29, 1.82) is 0 Å². The normalized spacial score (nSPS) is 17.8. The zero-order chi connectivity index (χ0) is 16.4. The van der Waals surface area contributed by atoms with Crippen LogP contribution in [-0.4, -0.2) is 40.2 Å². The highest BCUT2D eigenvalue weighted by molar-refractivity contribution is 5.86. The first-order valence-electron chi connectivity index (χ1n) is 7.94. The van der Waals surface area contributed by atoms with Crippen molar-refractivity contribution in [3.8, 4) is 5.69 Å². The van der Waals surface area contributed by atoms with Gasteiger partial charge in [0, 0.05) is 13.6 Å². The number of nitrogens with zero attached hydrogens (tertiary/aromatic N) is 3. The van der Waals surface area contributed by atoms with Crippen molar-refractivity contribution in [2.75, 3.05) is 18.9 Å². The molecule has 0 radical (unpaired) electrons. The highest BCUT2D eigenvalue weighted by Crippen LogP contribution is 2.24. The minimum Gasteiger partial charge on any atom is -0.371 e. The molecule has 2 aromatic rings.